The maximum Gasteiger partial charge on any atom is 0.119 e. The fraction of sp³-hybridized carbons (Fsp3) is 0.364. The van der Waals surface area contributed by atoms with Gasteiger partial charge in [-0.1, -0.05) is 114 Å². The van der Waals surface area contributed by atoms with Crippen LogP contribution in [-0.2, 0) is 0 Å². The average Bonchev–Trinajstić information content (AvgIpc) is 3.41. The van der Waals surface area contributed by atoms with Crippen LogP contribution >= 0.6 is 0 Å². The largest absolute Gasteiger partial charge is 0.491 e. The highest BCUT2D eigenvalue weighted by atomic mass is 16.5. The van der Waals surface area contributed by atoms with E-state index in [4.69, 9.17) is 28.4 Å². The Labute approximate surface area is 431 Å². The van der Waals surface area contributed by atoms with E-state index in [9.17, 15) is 0 Å². The zero-order valence-electron chi connectivity index (χ0n) is 45.0. The van der Waals surface area contributed by atoms with E-state index >= 15 is 0 Å². The Morgan fingerprint density at radius 2 is 0.319 bits per heavy atom. The molecule has 6 atom stereocenters. The molecule has 0 aliphatic carbocycles. The first kappa shape index (κ1) is 53.1. The predicted octanol–water partition coefficient (Wildman–Crippen LogP) is 18.8. The minimum absolute atomic E-state index is 0.0771. The number of ether oxygens (including phenoxy) is 6. The Morgan fingerprint density at radius 3 is 0.417 bits per heavy atom. The van der Waals surface area contributed by atoms with Crippen molar-refractivity contribution in [2.45, 2.75) is 158 Å². The lowest BCUT2D eigenvalue weighted by Crippen LogP contribution is -2.10. The third-order valence-electron chi connectivity index (χ3n) is 13.8. The van der Waals surface area contributed by atoms with Crippen LogP contribution in [0, 0.1) is 0 Å². The molecule has 0 amide bonds. The van der Waals surface area contributed by atoms with Crippen molar-refractivity contribution in [1.29, 1.82) is 0 Å². The standard InChI is InChI=1S/C66H78O6/c1-13-43(7)67-55-31-19-49(20-32-55)61-62(50-21-33-56(34-22-50)68-44(8)14-2)64(52-25-37-58(38-26-52)70-46(10)16-4)66(54-29-41-60(42-30-54)72-48(12)18-6)65(53-27-39-59(40-28-53)71-47(11)17-5)63(61)51-23-35-57(36-24-51)69-45(9)15-3/h19-48H,13-18H2,1-12H3/t43-,44-,45-,46-,47-,48-/m1/s1. The summed E-state index contributed by atoms with van der Waals surface area (Å²) in [6.07, 6.45) is 5.91. The molecule has 0 saturated heterocycles. The summed E-state index contributed by atoms with van der Waals surface area (Å²) in [6.45, 7) is 25.6. The summed E-state index contributed by atoms with van der Waals surface area (Å²) < 4.78 is 38.6. The number of rotatable bonds is 24. The summed E-state index contributed by atoms with van der Waals surface area (Å²) >= 11 is 0. The van der Waals surface area contributed by atoms with Gasteiger partial charge in [0.2, 0.25) is 0 Å². The van der Waals surface area contributed by atoms with Crippen molar-refractivity contribution in [2.24, 2.45) is 0 Å². The smallest absolute Gasteiger partial charge is 0.119 e. The van der Waals surface area contributed by atoms with Crippen LogP contribution in [-0.4, -0.2) is 36.6 Å². The van der Waals surface area contributed by atoms with E-state index in [1.54, 1.807) is 0 Å². The fourth-order valence-corrected chi connectivity index (χ4v) is 8.58. The van der Waals surface area contributed by atoms with Gasteiger partial charge in [-0.25, -0.2) is 0 Å². The molecule has 7 rings (SSSR count). The lowest BCUT2D eigenvalue weighted by molar-refractivity contribution is 0.217. The molecule has 0 fully saturated rings. The van der Waals surface area contributed by atoms with Crippen LogP contribution in [0.1, 0.15) is 122 Å². The third kappa shape index (κ3) is 13.1. The average molecular weight is 967 g/mol. The Kier molecular flexibility index (Phi) is 18.6. The molecular weight excluding hydrogens is 889 g/mol. The van der Waals surface area contributed by atoms with Crippen LogP contribution in [0.25, 0.3) is 66.8 Å². The molecule has 0 spiro atoms. The highest BCUT2D eigenvalue weighted by Gasteiger charge is 2.30. The minimum Gasteiger partial charge on any atom is -0.491 e. The highest BCUT2D eigenvalue weighted by Crippen LogP contribution is 2.56. The van der Waals surface area contributed by atoms with Crippen molar-refractivity contribution in [3.8, 4) is 101 Å². The zero-order valence-corrected chi connectivity index (χ0v) is 45.0. The lowest BCUT2D eigenvalue weighted by atomic mass is 9.74. The van der Waals surface area contributed by atoms with Crippen LogP contribution in [0.5, 0.6) is 34.5 Å². The second-order valence-electron chi connectivity index (χ2n) is 19.4. The van der Waals surface area contributed by atoms with Gasteiger partial charge in [-0.3, -0.25) is 0 Å². The molecule has 378 valence electrons. The first-order valence-electron chi connectivity index (χ1n) is 26.7. The maximum absolute atomic E-state index is 6.43. The molecule has 0 N–H and O–H groups in total. The van der Waals surface area contributed by atoms with E-state index in [0.717, 1.165) is 140 Å². The maximum atomic E-state index is 6.43. The summed E-state index contributed by atoms with van der Waals surface area (Å²) in [5, 5.41) is 0. The highest BCUT2D eigenvalue weighted by molar-refractivity contribution is 6.15. The molecular formula is C66H78O6. The second kappa shape index (κ2) is 25.1. The Morgan fingerprint density at radius 1 is 0.208 bits per heavy atom. The van der Waals surface area contributed by atoms with Crippen molar-refractivity contribution >= 4 is 0 Å². The van der Waals surface area contributed by atoms with Crippen molar-refractivity contribution in [1.82, 2.24) is 0 Å². The van der Waals surface area contributed by atoms with Gasteiger partial charge < -0.3 is 28.4 Å². The van der Waals surface area contributed by atoms with E-state index in [-0.39, 0.29) is 36.6 Å². The molecule has 0 heterocycles. The molecule has 0 bridgehead atoms. The molecule has 0 radical (unpaired) electrons. The fourth-order valence-electron chi connectivity index (χ4n) is 8.58. The van der Waals surface area contributed by atoms with Gasteiger partial charge in [-0.15, -0.1) is 0 Å². The molecule has 0 saturated carbocycles. The van der Waals surface area contributed by atoms with Gasteiger partial charge in [-0.05, 0) is 220 Å². The van der Waals surface area contributed by atoms with Crippen LogP contribution in [0.3, 0.4) is 0 Å². The van der Waals surface area contributed by atoms with E-state index < -0.39 is 0 Å². The van der Waals surface area contributed by atoms with Crippen LogP contribution < -0.4 is 28.4 Å². The number of hydrogen-bond donors (Lipinski definition) is 0. The molecule has 0 aliphatic rings. The van der Waals surface area contributed by atoms with E-state index in [0.29, 0.717) is 0 Å². The van der Waals surface area contributed by atoms with Crippen molar-refractivity contribution in [3.05, 3.63) is 146 Å². The summed E-state index contributed by atoms with van der Waals surface area (Å²) in [5.41, 5.74) is 12.8. The first-order valence-corrected chi connectivity index (χ1v) is 26.7. The minimum atomic E-state index is 0.0771. The zero-order chi connectivity index (χ0) is 51.3. The van der Waals surface area contributed by atoms with Crippen molar-refractivity contribution in [2.75, 3.05) is 0 Å². The Bertz CT molecular complexity index is 2240. The second-order valence-corrected chi connectivity index (χ2v) is 19.4. The predicted molar refractivity (Wildman–Crippen MR) is 301 cm³/mol. The van der Waals surface area contributed by atoms with Crippen LogP contribution in [0.4, 0.5) is 0 Å². The molecule has 7 aromatic carbocycles. The van der Waals surface area contributed by atoms with Crippen molar-refractivity contribution in [3.63, 3.8) is 0 Å². The van der Waals surface area contributed by atoms with E-state index in [1.165, 1.54) is 0 Å². The van der Waals surface area contributed by atoms with Gasteiger partial charge in [0.25, 0.3) is 0 Å². The molecule has 0 unspecified atom stereocenters. The Hall–Kier alpha value is -6.66. The quantitative estimate of drug-likeness (QED) is 0.0601. The van der Waals surface area contributed by atoms with Gasteiger partial charge >= 0.3 is 0 Å². The van der Waals surface area contributed by atoms with Gasteiger partial charge in [0.15, 0.2) is 0 Å². The summed E-state index contributed by atoms with van der Waals surface area (Å²) in [7, 11) is 0. The monoisotopic (exact) mass is 967 g/mol. The topological polar surface area (TPSA) is 55.4 Å². The van der Waals surface area contributed by atoms with Gasteiger partial charge in [0, 0.05) is 0 Å². The van der Waals surface area contributed by atoms with Gasteiger partial charge in [0.05, 0.1) is 36.6 Å². The molecule has 7 aromatic rings. The van der Waals surface area contributed by atoms with E-state index in [1.807, 2.05) is 0 Å². The summed E-state index contributed by atoms with van der Waals surface area (Å²) in [5.74, 6) is 5.00. The summed E-state index contributed by atoms with van der Waals surface area (Å²) in [4.78, 5) is 0. The lowest BCUT2D eigenvalue weighted by Gasteiger charge is -2.29. The SMILES string of the molecule is CC[C@@H](C)Oc1ccc(-c2c(-c3ccc(O[C@H](C)CC)cc3)c(-c3ccc(O[C@H](C)CC)cc3)c(-c3ccc(O[C@H](C)CC)cc3)c(-c3ccc(O[C@H](C)CC)cc3)c2-c2ccc(O[C@H](C)CC)cc2)cc1. The van der Waals surface area contributed by atoms with Crippen LogP contribution in [0.15, 0.2) is 146 Å². The molecule has 0 aromatic heterocycles. The normalized spacial score (nSPS) is 13.8. The van der Waals surface area contributed by atoms with Crippen LogP contribution in [0.2, 0.25) is 0 Å². The van der Waals surface area contributed by atoms with Crippen molar-refractivity contribution < 1.29 is 28.4 Å². The molecule has 6 nitrogen and oxygen atoms in total. The first-order chi connectivity index (χ1) is 34.9. The Balaban J connectivity index is 1.69. The van der Waals surface area contributed by atoms with E-state index in [2.05, 4.69) is 229 Å². The van der Waals surface area contributed by atoms with Gasteiger partial charge in [0.1, 0.15) is 34.5 Å². The molecule has 0 aliphatic heterocycles. The molecule has 72 heavy (non-hydrogen) atoms. The van der Waals surface area contributed by atoms with Gasteiger partial charge in [-0.2, -0.15) is 0 Å². The summed E-state index contributed by atoms with van der Waals surface area (Å²) in [6, 6.07) is 52.1. The number of benzene rings is 7. The number of hydrogen-bond acceptors (Lipinski definition) is 6. The third-order valence-corrected chi connectivity index (χ3v) is 13.8. The molecule has 6 heteroatoms.